The molecule has 24 heavy (non-hydrogen) atoms. The van der Waals surface area contributed by atoms with Crippen molar-refractivity contribution in [3.63, 3.8) is 0 Å². The maximum atomic E-state index is 12.4. The lowest BCUT2D eigenvalue weighted by atomic mass is 10.2. The van der Waals surface area contributed by atoms with Crippen LogP contribution in [0.4, 0.5) is 17.1 Å². The second-order valence-electron chi connectivity index (χ2n) is 5.11. The Bertz CT molecular complexity index is 835. The summed E-state index contributed by atoms with van der Waals surface area (Å²) >= 11 is 0. The van der Waals surface area contributed by atoms with E-state index in [0.717, 1.165) is 11.4 Å². The van der Waals surface area contributed by atoms with E-state index in [2.05, 4.69) is 15.6 Å². The van der Waals surface area contributed by atoms with E-state index in [-0.39, 0.29) is 5.91 Å². The second-order valence-corrected chi connectivity index (χ2v) is 5.11. The summed E-state index contributed by atoms with van der Waals surface area (Å²) in [6, 6.07) is 20.5. The summed E-state index contributed by atoms with van der Waals surface area (Å²) in [5.74, 6) is 0.403. The number of nitrogens with zero attached hydrogens (tertiary/aromatic N) is 1. The molecule has 0 unspecified atom stereocenters. The van der Waals surface area contributed by atoms with Gasteiger partial charge in [0.15, 0.2) is 0 Å². The van der Waals surface area contributed by atoms with Gasteiger partial charge in [0.05, 0.1) is 7.11 Å². The molecule has 5 nitrogen and oxygen atoms in total. The number of hydrogen-bond donors (Lipinski definition) is 2. The Balaban J connectivity index is 1.74. The molecule has 3 aromatic rings. The molecule has 1 amide bonds. The van der Waals surface area contributed by atoms with E-state index in [9.17, 15) is 4.79 Å². The van der Waals surface area contributed by atoms with Gasteiger partial charge >= 0.3 is 0 Å². The number of carbonyl (C=O) groups is 1. The minimum atomic E-state index is -0.278. The van der Waals surface area contributed by atoms with Gasteiger partial charge in [-0.1, -0.05) is 24.3 Å². The predicted octanol–water partition coefficient (Wildman–Crippen LogP) is 4.09. The van der Waals surface area contributed by atoms with Crippen LogP contribution in [0, 0.1) is 0 Å². The van der Waals surface area contributed by atoms with Crippen LogP contribution < -0.4 is 15.4 Å². The molecule has 0 aliphatic heterocycles. The lowest BCUT2D eigenvalue weighted by Gasteiger charge is -2.09. The molecule has 0 atom stereocenters. The van der Waals surface area contributed by atoms with E-state index >= 15 is 0 Å². The van der Waals surface area contributed by atoms with Crippen molar-refractivity contribution in [3.05, 3.63) is 78.6 Å². The molecular formula is C19H17N3O2. The van der Waals surface area contributed by atoms with Crippen molar-refractivity contribution >= 4 is 23.0 Å². The Morgan fingerprint density at radius 3 is 2.50 bits per heavy atom. The maximum Gasteiger partial charge on any atom is 0.274 e. The topological polar surface area (TPSA) is 63.2 Å². The van der Waals surface area contributed by atoms with E-state index in [4.69, 9.17) is 4.74 Å². The number of amides is 1. The lowest BCUT2D eigenvalue weighted by Crippen LogP contribution is -2.13. The highest BCUT2D eigenvalue weighted by Crippen LogP contribution is 2.19. The molecule has 120 valence electrons. The number of pyridine rings is 1. The summed E-state index contributed by atoms with van der Waals surface area (Å²) in [6.45, 7) is 0. The van der Waals surface area contributed by atoms with Crippen molar-refractivity contribution in [2.24, 2.45) is 0 Å². The van der Waals surface area contributed by atoms with E-state index in [1.807, 2.05) is 48.5 Å². The summed E-state index contributed by atoms with van der Waals surface area (Å²) in [5.41, 5.74) is 2.73. The zero-order valence-corrected chi connectivity index (χ0v) is 13.2. The van der Waals surface area contributed by atoms with Gasteiger partial charge in [0, 0.05) is 29.3 Å². The highest BCUT2D eigenvalue weighted by Gasteiger charge is 2.09. The van der Waals surface area contributed by atoms with Crippen LogP contribution in [-0.4, -0.2) is 18.0 Å². The van der Waals surface area contributed by atoms with Crippen LogP contribution in [0.5, 0.6) is 5.75 Å². The Hall–Kier alpha value is -3.34. The van der Waals surface area contributed by atoms with Crippen LogP contribution in [0.25, 0.3) is 0 Å². The van der Waals surface area contributed by atoms with Gasteiger partial charge in [-0.3, -0.25) is 9.78 Å². The normalized spacial score (nSPS) is 10.0. The molecule has 0 aliphatic rings. The number of benzene rings is 2. The van der Waals surface area contributed by atoms with Crippen molar-refractivity contribution in [3.8, 4) is 5.75 Å². The fourth-order valence-corrected chi connectivity index (χ4v) is 2.22. The largest absolute Gasteiger partial charge is 0.497 e. The van der Waals surface area contributed by atoms with Crippen LogP contribution in [0.2, 0.25) is 0 Å². The zero-order chi connectivity index (χ0) is 16.8. The number of para-hydroxylation sites is 1. The van der Waals surface area contributed by atoms with Gasteiger partial charge in [-0.15, -0.1) is 0 Å². The average molecular weight is 319 g/mol. The SMILES string of the molecule is COc1cccc(NC(=O)c2cc(Nc3ccccc3)ccn2)c1. The fourth-order valence-electron chi connectivity index (χ4n) is 2.22. The van der Waals surface area contributed by atoms with E-state index < -0.39 is 0 Å². The summed E-state index contributed by atoms with van der Waals surface area (Å²) in [6.07, 6.45) is 1.60. The summed E-state index contributed by atoms with van der Waals surface area (Å²) in [5, 5.41) is 6.06. The molecule has 3 rings (SSSR count). The molecule has 2 aromatic carbocycles. The summed E-state index contributed by atoms with van der Waals surface area (Å²) < 4.78 is 5.15. The van der Waals surface area contributed by atoms with Crippen LogP contribution in [0.15, 0.2) is 72.9 Å². The van der Waals surface area contributed by atoms with Crippen LogP contribution >= 0.6 is 0 Å². The molecule has 5 heteroatoms. The number of methoxy groups -OCH3 is 1. The van der Waals surface area contributed by atoms with E-state index in [0.29, 0.717) is 17.1 Å². The quantitative estimate of drug-likeness (QED) is 0.743. The van der Waals surface area contributed by atoms with Crippen molar-refractivity contribution in [2.75, 3.05) is 17.7 Å². The number of carbonyl (C=O) groups excluding carboxylic acids is 1. The number of ether oxygens (including phenoxy) is 1. The highest BCUT2D eigenvalue weighted by molar-refractivity contribution is 6.03. The molecule has 0 saturated heterocycles. The molecule has 1 heterocycles. The number of anilines is 3. The second kappa shape index (κ2) is 7.28. The lowest BCUT2D eigenvalue weighted by molar-refractivity contribution is 0.102. The molecule has 1 aromatic heterocycles. The van der Waals surface area contributed by atoms with Crippen molar-refractivity contribution < 1.29 is 9.53 Å². The van der Waals surface area contributed by atoms with Crippen LogP contribution in [0.3, 0.4) is 0 Å². The number of nitrogens with one attached hydrogen (secondary N) is 2. The van der Waals surface area contributed by atoms with E-state index in [1.165, 1.54) is 0 Å². The van der Waals surface area contributed by atoms with Gasteiger partial charge in [-0.2, -0.15) is 0 Å². The third kappa shape index (κ3) is 3.89. The summed E-state index contributed by atoms with van der Waals surface area (Å²) in [4.78, 5) is 16.5. The van der Waals surface area contributed by atoms with Crippen molar-refractivity contribution in [1.29, 1.82) is 0 Å². The first-order chi connectivity index (χ1) is 11.7. The Labute approximate surface area is 140 Å². The minimum absolute atomic E-state index is 0.278. The van der Waals surface area contributed by atoms with Crippen LogP contribution in [0.1, 0.15) is 10.5 Å². The average Bonchev–Trinajstić information content (AvgIpc) is 2.63. The van der Waals surface area contributed by atoms with Gasteiger partial charge in [0.2, 0.25) is 0 Å². The van der Waals surface area contributed by atoms with Gasteiger partial charge in [-0.25, -0.2) is 0 Å². The number of aromatic nitrogens is 1. The first-order valence-electron chi connectivity index (χ1n) is 7.48. The Morgan fingerprint density at radius 2 is 1.71 bits per heavy atom. The standard InChI is InChI=1S/C19H17N3O2/c1-24-17-9-5-8-15(12-17)22-19(23)18-13-16(10-11-20-18)21-14-6-3-2-4-7-14/h2-13H,1H3,(H,20,21)(H,22,23). The molecule has 2 N–H and O–H groups in total. The molecule has 0 radical (unpaired) electrons. The molecule has 0 saturated carbocycles. The maximum absolute atomic E-state index is 12.4. The first kappa shape index (κ1) is 15.6. The van der Waals surface area contributed by atoms with Gasteiger partial charge < -0.3 is 15.4 Å². The molecule has 0 bridgehead atoms. The molecule has 0 spiro atoms. The summed E-state index contributed by atoms with van der Waals surface area (Å²) in [7, 11) is 1.58. The van der Waals surface area contributed by atoms with Gasteiger partial charge in [0.25, 0.3) is 5.91 Å². The molecular weight excluding hydrogens is 302 g/mol. The molecule has 0 fully saturated rings. The third-order valence-corrected chi connectivity index (χ3v) is 3.38. The van der Waals surface area contributed by atoms with Gasteiger partial charge in [-0.05, 0) is 36.4 Å². The monoisotopic (exact) mass is 319 g/mol. The Morgan fingerprint density at radius 1 is 0.917 bits per heavy atom. The minimum Gasteiger partial charge on any atom is -0.497 e. The van der Waals surface area contributed by atoms with Gasteiger partial charge in [0.1, 0.15) is 11.4 Å². The zero-order valence-electron chi connectivity index (χ0n) is 13.2. The fraction of sp³-hybridized carbons (Fsp3) is 0.0526. The van der Waals surface area contributed by atoms with Crippen molar-refractivity contribution in [2.45, 2.75) is 0 Å². The first-order valence-corrected chi connectivity index (χ1v) is 7.48. The third-order valence-electron chi connectivity index (χ3n) is 3.38. The number of hydrogen-bond acceptors (Lipinski definition) is 4. The Kier molecular flexibility index (Phi) is 4.72. The van der Waals surface area contributed by atoms with Crippen LogP contribution in [-0.2, 0) is 0 Å². The molecule has 0 aliphatic carbocycles. The number of rotatable bonds is 5. The van der Waals surface area contributed by atoms with E-state index in [1.54, 1.807) is 31.5 Å². The highest BCUT2D eigenvalue weighted by atomic mass is 16.5. The smallest absolute Gasteiger partial charge is 0.274 e. The van der Waals surface area contributed by atoms with Crippen molar-refractivity contribution in [1.82, 2.24) is 4.98 Å². The predicted molar refractivity (Wildman–Crippen MR) is 94.9 cm³/mol.